The van der Waals surface area contributed by atoms with Gasteiger partial charge in [0, 0.05) is 5.54 Å². The summed E-state index contributed by atoms with van der Waals surface area (Å²) in [5.74, 6) is 0. The van der Waals surface area contributed by atoms with Crippen LogP contribution < -0.4 is 5.73 Å². The van der Waals surface area contributed by atoms with E-state index in [0.29, 0.717) is 5.54 Å². The van der Waals surface area contributed by atoms with Crippen molar-refractivity contribution in [2.24, 2.45) is 5.73 Å². The predicted molar refractivity (Wildman–Crippen MR) is 92.2 cm³/mol. The van der Waals surface area contributed by atoms with E-state index in [1.165, 1.54) is 64.3 Å². The van der Waals surface area contributed by atoms with Crippen LogP contribution in [0, 0.1) is 0 Å². The van der Waals surface area contributed by atoms with Crippen molar-refractivity contribution in [1.82, 2.24) is 4.90 Å². The molecule has 0 aromatic rings. The van der Waals surface area contributed by atoms with E-state index in [-0.39, 0.29) is 0 Å². The molecule has 0 fully saturated rings. The first-order valence-corrected chi connectivity index (χ1v) is 9.03. The van der Waals surface area contributed by atoms with Gasteiger partial charge in [-0.3, -0.25) is 4.90 Å². The maximum atomic E-state index is 5.67. The van der Waals surface area contributed by atoms with Gasteiger partial charge in [0.1, 0.15) is 0 Å². The Morgan fingerprint density at radius 2 is 1.35 bits per heavy atom. The minimum absolute atomic E-state index is 0.342. The maximum absolute atomic E-state index is 5.67. The topological polar surface area (TPSA) is 29.3 Å². The third kappa shape index (κ3) is 9.77. The highest BCUT2D eigenvalue weighted by atomic mass is 15.2. The largest absolute Gasteiger partial charge is 0.330 e. The molecule has 0 radical (unpaired) electrons. The zero-order valence-corrected chi connectivity index (χ0v) is 14.7. The first kappa shape index (κ1) is 19.9. The first-order chi connectivity index (χ1) is 9.58. The molecule has 2 nitrogen and oxygen atoms in total. The lowest BCUT2D eigenvalue weighted by atomic mass is 9.93. The van der Waals surface area contributed by atoms with Crippen LogP contribution in [0.25, 0.3) is 0 Å². The maximum Gasteiger partial charge on any atom is 0.0153 e. The lowest BCUT2D eigenvalue weighted by Crippen LogP contribution is -2.45. The van der Waals surface area contributed by atoms with Crippen LogP contribution in [0.5, 0.6) is 0 Å². The van der Waals surface area contributed by atoms with Crippen LogP contribution in [0.4, 0.5) is 0 Å². The van der Waals surface area contributed by atoms with Crippen LogP contribution in [-0.2, 0) is 0 Å². The normalized spacial score (nSPS) is 12.3. The second-order valence-corrected chi connectivity index (χ2v) is 6.81. The molecule has 2 N–H and O–H groups in total. The number of hydrogen-bond donors (Lipinski definition) is 1. The van der Waals surface area contributed by atoms with Crippen LogP contribution >= 0.6 is 0 Å². The van der Waals surface area contributed by atoms with Crippen molar-refractivity contribution < 1.29 is 0 Å². The molecule has 0 aliphatic rings. The lowest BCUT2D eigenvalue weighted by molar-refractivity contribution is 0.107. The minimum atomic E-state index is 0.342. The highest BCUT2D eigenvalue weighted by Gasteiger charge is 2.24. The molecule has 122 valence electrons. The summed E-state index contributed by atoms with van der Waals surface area (Å²) in [5.41, 5.74) is 6.01. The number of nitrogens with zero attached hydrogens (tertiary/aromatic N) is 1. The summed E-state index contributed by atoms with van der Waals surface area (Å²) in [6.45, 7) is 12.6. The van der Waals surface area contributed by atoms with E-state index in [1.54, 1.807) is 0 Å². The van der Waals surface area contributed by atoms with Crippen LogP contribution in [0.15, 0.2) is 0 Å². The number of rotatable bonds is 14. The van der Waals surface area contributed by atoms with Gasteiger partial charge >= 0.3 is 0 Å². The van der Waals surface area contributed by atoms with E-state index in [9.17, 15) is 0 Å². The molecule has 0 bridgehead atoms. The Morgan fingerprint density at radius 1 is 0.750 bits per heavy atom. The monoisotopic (exact) mass is 284 g/mol. The average Bonchev–Trinajstić information content (AvgIpc) is 2.42. The van der Waals surface area contributed by atoms with Gasteiger partial charge in [-0.2, -0.15) is 0 Å². The summed E-state index contributed by atoms with van der Waals surface area (Å²) in [6, 6.07) is 0. The molecule has 0 atom stereocenters. The Bertz CT molecular complexity index is 202. The van der Waals surface area contributed by atoms with Gasteiger partial charge in [-0.15, -0.1) is 0 Å². The Kier molecular flexibility index (Phi) is 12.6. The van der Waals surface area contributed by atoms with Gasteiger partial charge in [0.2, 0.25) is 0 Å². The summed E-state index contributed by atoms with van der Waals surface area (Å²) in [6.07, 6.45) is 13.5. The van der Waals surface area contributed by atoms with Crippen LogP contribution in [0.2, 0.25) is 0 Å². The average molecular weight is 285 g/mol. The molecule has 0 saturated carbocycles. The van der Waals surface area contributed by atoms with Crippen molar-refractivity contribution in [3.05, 3.63) is 0 Å². The standard InChI is InChI=1S/C18H40N2/c1-5-7-8-9-10-11-12-14-18(3,4)20(16-6-2)17-13-15-19/h5-17,19H2,1-4H3. The molecular weight excluding hydrogens is 244 g/mol. The summed E-state index contributed by atoms with van der Waals surface area (Å²) < 4.78 is 0. The highest BCUT2D eigenvalue weighted by Crippen LogP contribution is 2.23. The molecule has 0 aromatic carbocycles. The summed E-state index contributed by atoms with van der Waals surface area (Å²) in [5, 5.41) is 0. The second kappa shape index (κ2) is 12.6. The third-order valence-electron chi connectivity index (χ3n) is 4.37. The molecule has 0 spiro atoms. The van der Waals surface area contributed by atoms with Crippen molar-refractivity contribution in [2.45, 2.75) is 97.4 Å². The smallest absolute Gasteiger partial charge is 0.0153 e. The quantitative estimate of drug-likeness (QED) is 0.456. The van der Waals surface area contributed by atoms with Crippen molar-refractivity contribution in [1.29, 1.82) is 0 Å². The van der Waals surface area contributed by atoms with Gasteiger partial charge in [0.25, 0.3) is 0 Å². The van der Waals surface area contributed by atoms with E-state index >= 15 is 0 Å². The summed E-state index contributed by atoms with van der Waals surface area (Å²) in [4.78, 5) is 2.65. The molecule has 0 saturated heterocycles. The van der Waals surface area contributed by atoms with E-state index in [0.717, 1.165) is 19.5 Å². The number of unbranched alkanes of at least 4 members (excludes halogenated alkanes) is 6. The molecule has 0 rings (SSSR count). The minimum Gasteiger partial charge on any atom is -0.330 e. The second-order valence-electron chi connectivity index (χ2n) is 6.81. The number of hydrogen-bond acceptors (Lipinski definition) is 2. The van der Waals surface area contributed by atoms with Gasteiger partial charge in [-0.05, 0) is 52.7 Å². The van der Waals surface area contributed by atoms with Crippen LogP contribution in [-0.4, -0.2) is 30.1 Å². The van der Waals surface area contributed by atoms with Gasteiger partial charge in [0.15, 0.2) is 0 Å². The molecule has 0 amide bonds. The molecule has 0 unspecified atom stereocenters. The molecule has 20 heavy (non-hydrogen) atoms. The van der Waals surface area contributed by atoms with Crippen LogP contribution in [0.1, 0.15) is 91.9 Å². The zero-order valence-electron chi connectivity index (χ0n) is 14.7. The van der Waals surface area contributed by atoms with Crippen molar-refractivity contribution in [2.75, 3.05) is 19.6 Å². The zero-order chi connectivity index (χ0) is 15.3. The molecule has 0 aromatic heterocycles. The van der Waals surface area contributed by atoms with Gasteiger partial charge in [0.05, 0.1) is 0 Å². The van der Waals surface area contributed by atoms with Crippen LogP contribution in [0.3, 0.4) is 0 Å². The van der Waals surface area contributed by atoms with Gasteiger partial charge in [-0.1, -0.05) is 58.8 Å². The predicted octanol–water partition coefficient (Wildman–Crippen LogP) is 4.97. The molecule has 0 aliphatic carbocycles. The number of nitrogens with two attached hydrogens (primary N) is 1. The molecule has 0 heterocycles. The van der Waals surface area contributed by atoms with Gasteiger partial charge in [-0.25, -0.2) is 0 Å². The fourth-order valence-corrected chi connectivity index (χ4v) is 2.94. The Labute approximate surface area is 128 Å². The van der Waals surface area contributed by atoms with Gasteiger partial charge < -0.3 is 5.73 Å². The Balaban J connectivity index is 3.87. The first-order valence-electron chi connectivity index (χ1n) is 9.03. The SMILES string of the molecule is CCCCCCCCCC(C)(C)N(CCC)CCCN. The summed E-state index contributed by atoms with van der Waals surface area (Å²) >= 11 is 0. The van der Waals surface area contributed by atoms with E-state index in [1.807, 2.05) is 0 Å². The fraction of sp³-hybridized carbons (Fsp3) is 1.00. The molecule has 2 heteroatoms. The Hall–Kier alpha value is -0.0800. The van der Waals surface area contributed by atoms with Crippen molar-refractivity contribution in [3.8, 4) is 0 Å². The lowest BCUT2D eigenvalue weighted by Gasteiger charge is -2.39. The fourth-order valence-electron chi connectivity index (χ4n) is 2.94. The highest BCUT2D eigenvalue weighted by molar-refractivity contribution is 4.81. The molecular formula is C18H40N2. The van der Waals surface area contributed by atoms with Crippen molar-refractivity contribution in [3.63, 3.8) is 0 Å². The molecule has 0 aliphatic heterocycles. The van der Waals surface area contributed by atoms with E-state index in [4.69, 9.17) is 5.73 Å². The van der Waals surface area contributed by atoms with E-state index in [2.05, 4.69) is 32.6 Å². The van der Waals surface area contributed by atoms with Crippen molar-refractivity contribution >= 4 is 0 Å². The summed E-state index contributed by atoms with van der Waals surface area (Å²) in [7, 11) is 0. The Morgan fingerprint density at radius 3 is 1.90 bits per heavy atom. The third-order valence-corrected chi connectivity index (χ3v) is 4.37. The van der Waals surface area contributed by atoms with E-state index < -0.39 is 0 Å².